The number of rotatable bonds is 4. The van der Waals surface area contributed by atoms with Gasteiger partial charge in [-0.3, -0.25) is 0 Å². The highest BCUT2D eigenvalue weighted by atomic mass is 79.9. The first-order valence-electron chi connectivity index (χ1n) is 6.08. The molecular weight excluding hydrogens is 324 g/mol. The summed E-state index contributed by atoms with van der Waals surface area (Å²) < 4.78 is 0.968. The Morgan fingerprint density at radius 1 is 1.26 bits per heavy atom. The van der Waals surface area contributed by atoms with Gasteiger partial charge in [0.15, 0.2) is 0 Å². The third-order valence-electron chi connectivity index (χ3n) is 2.93. The van der Waals surface area contributed by atoms with E-state index in [-0.39, 0.29) is 6.04 Å². The number of nitrogens with one attached hydrogen (secondary N) is 1. The number of nitrogens with two attached hydrogens (primary N) is 1. The zero-order valence-electron chi connectivity index (χ0n) is 10.7. The average Bonchev–Trinajstić information content (AvgIpc) is 2.37. The van der Waals surface area contributed by atoms with E-state index in [0.29, 0.717) is 11.6 Å². The molecule has 3 N–H and O–H groups in total. The smallest absolute Gasteiger partial charge is 0.0647 e. The minimum atomic E-state index is 0.0495. The molecule has 2 aromatic carbocycles. The Labute approximate surface area is 127 Å². The largest absolute Gasteiger partial charge is 0.377 e. The Morgan fingerprint density at radius 2 is 2.05 bits per heavy atom. The summed E-state index contributed by atoms with van der Waals surface area (Å²) in [5, 5.41) is 4.16. The molecule has 2 nitrogen and oxygen atoms in total. The fourth-order valence-electron chi connectivity index (χ4n) is 1.98. The van der Waals surface area contributed by atoms with Crippen molar-refractivity contribution in [2.75, 3.05) is 11.9 Å². The second-order valence-electron chi connectivity index (χ2n) is 4.47. The van der Waals surface area contributed by atoms with E-state index < -0.39 is 0 Å². The van der Waals surface area contributed by atoms with E-state index in [9.17, 15) is 0 Å². The van der Waals surface area contributed by atoms with Crippen molar-refractivity contribution in [3.05, 3.63) is 63.1 Å². The normalized spacial score (nSPS) is 12.2. The van der Waals surface area contributed by atoms with E-state index in [2.05, 4.69) is 40.3 Å². The summed E-state index contributed by atoms with van der Waals surface area (Å²) in [7, 11) is 0. The van der Waals surface area contributed by atoms with Gasteiger partial charge >= 0.3 is 0 Å². The monoisotopic (exact) mass is 338 g/mol. The van der Waals surface area contributed by atoms with Crippen LogP contribution in [0.15, 0.2) is 46.9 Å². The third-order valence-corrected chi connectivity index (χ3v) is 3.85. The second kappa shape index (κ2) is 6.42. The Bertz CT molecular complexity index is 572. The van der Waals surface area contributed by atoms with Gasteiger partial charge in [0.2, 0.25) is 0 Å². The maximum atomic E-state index is 5.96. The first-order valence-corrected chi connectivity index (χ1v) is 7.25. The third kappa shape index (κ3) is 3.72. The molecule has 1 unspecified atom stereocenters. The molecule has 2 aromatic rings. The molecule has 4 heteroatoms. The first kappa shape index (κ1) is 14.4. The van der Waals surface area contributed by atoms with Crippen LogP contribution >= 0.6 is 27.5 Å². The van der Waals surface area contributed by atoms with Crippen LogP contribution < -0.4 is 11.1 Å². The Kier molecular flexibility index (Phi) is 4.86. The van der Waals surface area contributed by atoms with Gasteiger partial charge in [0.1, 0.15) is 0 Å². The molecule has 1 atom stereocenters. The summed E-state index contributed by atoms with van der Waals surface area (Å²) >= 11 is 9.50. The quantitative estimate of drug-likeness (QED) is 0.859. The van der Waals surface area contributed by atoms with Gasteiger partial charge < -0.3 is 11.1 Å². The molecule has 0 fully saturated rings. The number of hydrogen-bond donors (Lipinski definition) is 2. The van der Waals surface area contributed by atoms with Crippen LogP contribution in [0, 0.1) is 6.92 Å². The van der Waals surface area contributed by atoms with Gasteiger partial charge in [0.25, 0.3) is 0 Å². The van der Waals surface area contributed by atoms with Crippen LogP contribution in [0.1, 0.15) is 17.2 Å². The fraction of sp³-hybridized carbons (Fsp3) is 0.200. The van der Waals surface area contributed by atoms with Crippen molar-refractivity contribution >= 4 is 33.2 Å². The number of halogens is 2. The highest BCUT2D eigenvalue weighted by Gasteiger charge is 2.13. The van der Waals surface area contributed by atoms with E-state index >= 15 is 0 Å². The molecule has 0 heterocycles. The van der Waals surface area contributed by atoms with Crippen molar-refractivity contribution in [3.8, 4) is 0 Å². The molecular formula is C15H16BrClN2. The van der Waals surface area contributed by atoms with Crippen LogP contribution in [0.25, 0.3) is 0 Å². The highest BCUT2D eigenvalue weighted by molar-refractivity contribution is 9.10. The van der Waals surface area contributed by atoms with E-state index in [1.165, 1.54) is 5.56 Å². The molecule has 0 amide bonds. The molecule has 0 aromatic heterocycles. The number of aryl methyl sites for hydroxylation is 1. The number of hydrogen-bond acceptors (Lipinski definition) is 2. The highest BCUT2D eigenvalue weighted by Crippen LogP contribution is 2.28. The summed E-state index contributed by atoms with van der Waals surface area (Å²) in [5.74, 6) is 0. The number of anilines is 1. The van der Waals surface area contributed by atoms with Crippen molar-refractivity contribution in [1.29, 1.82) is 0 Å². The van der Waals surface area contributed by atoms with Gasteiger partial charge in [-0.25, -0.2) is 0 Å². The van der Waals surface area contributed by atoms with Crippen molar-refractivity contribution in [1.82, 2.24) is 0 Å². The van der Waals surface area contributed by atoms with Crippen molar-refractivity contribution < 1.29 is 0 Å². The second-order valence-corrected chi connectivity index (χ2v) is 5.76. The molecule has 2 rings (SSSR count). The van der Waals surface area contributed by atoms with Crippen LogP contribution in [0.4, 0.5) is 5.69 Å². The molecule has 0 aliphatic rings. The summed E-state index contributed by atoms with van der Waals surface area (Å²) in [4.78, 5) is 0. The lowest BCUT2D eigenvalue weighted by atomic mass is 10.1. The summed E-state index contributed by atoms with van der Waals surface area (Å²) in [6.07, 6.45) is 0. The van der Waals surface area contributed by atoms with E-state index in [1.54, 1.807) is 0 Å². The van der Waals surface area contributed by atoms with Crippen molar-refractivity contribution in [2.24, 2.45) is 5.73 Å². The SMILES string of the molecule is Cc1cccc(NC(CN)c2ccc(Cl)cc2Br)c1. The van der Waals surface area contributed by atoms with Crippen LogP contribution in [-0.4, -0.2) is 6.54 Å². The van der Waals surface area contributed by atoms with Gasteiger partial charge in [-0.2, -0.15) is 0 Å². The maximum Gasteiger partial charge on any atom is 0.0647 e. The van der Waals surface area contributed by atoms with Crippen molar-refractivity contribution in [3.63, 3.8) is 0 Å². The predicted octanol–water partition coefficient (Wildman–Crippen LogP) is 4.52. The Hall–Kier alpha value is -1.03. The minimum Gasteiger partial charge on any atom is -0.377 e. The molecule has 0 aliphatic carbocycles. The minimum absolute atomic E-state index is 0.0495. The van der Waals surface area contributed by atoms with Crippen LogP contribution in [0.3, 0.4) is 0 Å². The zero-order chi connectivity index (χ0) is 13.8. The molecule has 0 aliphatic heterocycles. The Morgan fingerprint density at radius 3 is 2.68 bits per heavy atom. The molecule has 0 saturated heterocycles. The van der Waals surface area contributed by atoms with Crippen LogP contribution in [-0.2, 0) is 0 Å². The standard InChI is InChI=1S/C15H16BrClN2/c1-10-3-2-4-12(7-10)19-15(9-18)13-6-5-11(17)8-14(13)16/h2-8,15,19H,9,18H2,1H3. The summed E-state index contributed by atoms with van der Waals surface area (Å²) in [6.45, 7) is 2.58. The lowest BCUT2D eigenvalue weighted by Crippen LogP contribution is -2.21. The van der Waals surface area contributed by atoms with Gasteiger partial charge in [-0.1, -0.05) is 45.7 Å². The van der Waals surface area contributed by atoms with Gasteiger partial charge in [0.05, 0.1) is 6.04 Å². The fourth-order valence-corrected chi connectivity index (χ4v) is 2.94. The molecule has 0 radical (unpaired) electrons. The molecule has 100 valence electrons. The van der Waals surface area contributed by atoms with E-state index in [0.717, 1.165) is 15.7 Å². The Balaban J connectivity index is 2.25. The molecule has 0 saturated carbocycles. The summed E-state index contributed by atoms with van der Waals surface area (Å²) in [5.41, 5.74) is 9.27. The molecule has 19 heavy (non-hydrogen) atoms. The van der Waals surface area contributed by atoms with Gasteiger partial charge in [-0.15, -0.1) is 0 Å². The first-order chi connectivity index (χ1) is 9.10. The van der Waals surface area contributed by atoms with Crippen LogP contribution in [0.5, 0.6) is 0 Å². The lowest BCUT2D eigenvalue weighted by Gasteiger charge is -2.20. The maximum absolute atomic E-state index is 5.96. The van der Waals surface area contributed by atoms with E-state index in [4.69, 9.17) is 17.3 Å². The van der Waals surface area contributed by atoms with Gasteiger partial charge in [-0.05, 0) is 42.3 Å². The molecule has 0 spiro atoms. The zero-order valence-corrected chi connectivity index (χ0v) is 13.0. The molecule has 0 bridgehead atoms. The topological polar surface area (TPSA) is 38.0 Å². The van der Waals surface area contributed by atoms with Crippen molar-refractivity contribution in [2.45, 2.75) is 13.0 Å². The van der Waals surface area contributed by atoms with Crippen LogP contribution in [0.2, 0.25) is 5.02 Å². The number of benzene rings is 2. The summed E-state index contributed by atoms with van der Waals surface area (Å²) in [6, 6.07) is 14.1. The van der Waals surface area contributed by atoms with Gasteiger partial charge in [0, 0.05) is 21.7 Å². The lowest BCUT2D eigenvalue weighted by molar-refractivity contribution is 0.786. The average molecular weight is 340 g/mol. The predicted molar refractivity (Wildman–Crippen MR) is 85.7 cm³/mol. The van der Waals surface area contributed by atoms with E-state index in [1.807, 2.05) is 30.3 Å².